The quantitative estimate of drug-likeness (QED) is 0.217. The molecule has 1 fully saturated rings. The molecule has 6 aromatic rings. The third kappa shape index (κ3) is 8.24. The molecule has 5 heterocycles. The molecule has 0 atom stereocenters. The minimum absolute atomic E-state index is 0.0109. The lowest BCUT2D eigenvalue weighted by Crippen LogP contribution is -2.44. The fourth-order valence-electron chi connectivity index (χ4n) is 6.88. The number of aromatic nitrogens is 8. The van der Waals surface area contributed by atoms with Crippen molar-refractivity contribution in [3.05, 3.63) is 123 Å². The number of carbonyl (C=O) groups is 2. The van der Waals surface area contributed by atoms with Crippen molar-refractivity contribution in [2.75, 3.05) is 13.1 Å². The van der Waals surface area contributed by atoms with Gasteiger partial charge in [-0.1, -0.05) is 61.3 Å². The van der Waals surface area contributed by atoms with Gasteiger partial charge in [-0.2, -0.15) is 0 Å². The lowest BCUT2D eigenvalue weighted by molar-refractivity contribution is -0.137. The van der Waals surface area contributed by atoms with Crippen LogP contribution in [0.1, 0.15) is 43.0 Å². The Labute approximate surface area is 337 Å². The van der Waals surface area contributed by atoms with Gasteiger partial charge in [0.25, 0.3) is 17.0 Å². The summed E-state index contributed by atoms with van der Waals surface area (Å²) in [5, 5.41) is 10.2. The Hall–Kier alpha value is -5.88. The summed E-state index contributed by atoms with van der Waals surface area (Å²) in [6.45, 7) is 1.88. The van der Waals surface area contributed by atoms with Crippen LogP contribution in [0, 0.1) is 0 Å². The van der Waals surface area contributed by atoms with Crippen LogP contribution >= 0.6 is 23.2 Å². The third-order valence-electron chi connectivity index (χ3n) is 9.92. The fourth-order valence-corrected chi connectivity index (χ4v) is 7.13. The van der Waals surface area contributed by atoms with Gasteiger partial charge >= 0.3 is 17.3 Å². The van der Waals surface area contributed by atoms with Crippen molar-refractivity contribution in [2.24, 2.45) is 14.1 Å². The predicted octanol–water partition coefficient (Wildman–Crippen LogP) is 3.27. The SMILES string of the molecule is CCc1nc2c(c(=O)n(Cc3ccc(Cl)cc3)c(=O)n2CC(=O)N2CCC(F)(F)C2)n1C.CCc1nc2c(c(=O)n(Cc3ccc(Cl)cc3)c(=O)n2CC(=O)O)n1C. The van der Waals surface area contributed by atoms with Gasteiger partial charge in [-0.05, 0) is 35.4 Å². The van der Waals surface area contributed by atoms with Crippen LogP contribution in [0.3, 0.4) is 0 Å². The van der Waals surface area contributed by atoms with Crippen LogP contribution in [0.5, 0.6) is 0 Å². The average molecular weight is 843 g/mol. The molecule has 1 saturated heterocycles. The van der Waals surface area contributed by atoms with Crippen LogP contribution < -0.4 is 22.5 Å². The minimum Gasteiger partial charge on any atom is -0.480 e. The number of rotatable bonds is 10. The Morgan fingerprint density at radius 1 is 0.707 bits per heavy atom. The topological polar surface area (TPSA) is 181 Å². The van der Waals surface area contributed by atoms with Crippen LogP contribution in [0.15, 0.2) is 67.7 Å². The first-order valence-electron chi connectivity index (χ1n) is 18.2. The number of carbonyl (C=O) groups excluding carboxylic acids is 1. The number of imidazole rings is 2. The number of nitrogens with zero attached hydrogens (tertiary/aromatic N) is 9. The molecule has 1 aliphatic heterocycles. The molecule has 4 aromatic heterocycles. The molecule has 16 nitrogen and oxygen atoms in total. The highest BCUT2D eigenvalue weighted by Gasteiger charge is 2.40. The summed E-state index contributed by atoms with van der Waals surface area (Å²) in [6, 6.07) is 13.4. The lowest BCUT2D eigenvalue weighted by atomic mass is 10.2. The summed E-state index contributed by atoms with van der Waals surface area (Å²) in [5.41, 5.74) is -0.553. The van der Waals surface area contributed by atoms with Crippen molar-refractivity contribution < 1.29 is 23.5 Å². The molecule has 0 bridgehead atoms. The Kier molecular flexibility index (Phi) is 11.9. The van der Waals surface area contributed by atoms with E-state index in [1.165, 1.54) is 0 Å². The van der Waals surface area contributed by atoms with Gasteiger partial charge in [0.05, 0.1) is 19.6 Å². The molecule has 20 heteroatoms. The van der Waals surface area contributed by atoms with Crippen LogP contribution in [0.2, 0.25) is 10.0 Å². The molecule has 58 heavy (non-hydrogen) atoms. The van der Waals surface area contributed by atoms with E-state index < -0.39 is 66.4 Å². The van der Waals surface area contributed by atoms with Gasteiger partial charge in [-0.25, -0.2) is 28.3 Å². The fraction of sp³-hybridized carbons (Fsp3) is 0.368. The first-order valence-corrected chi connectivity index (χ1v) is 18.9. The summed E-state index contributed by atoms with van der Waals surface area (Å²) in [4.78, 5) is 85.9. The van der Waals surface area contributed by atoms with Gasteiger partial charge in [0.2, 0.25) is 5.91 Å². The molecule has 1 amide bonds. The maximum atomic E-state index is 13.6. The van der Waals surface area contributed by atoms with Crippen molar-refractivity contribution in [3.63, 3.8) is 0 Å². The molecule has 0 unspecified atom stereocenters. The van der Waals surface area contributed by atoms with Gasteiger partial charge in [0.1, 0.15) is 24.7 Å². The van der Waals surface area contributed by atoms with Gasteiger partial charge < -0.3 is 19.1 Å². The van der Waals surface area contributed by atoms with Crippen molar-refractivity contribution in [3.8, 4) is 0 Å². The zero-order chi connectivity index (χ0) is 42.2. The Morgan fingerprint density at radius 3 is 1.48 bits per heavy atom. The number of fused-ring (bicyclic) bond motifs is 2. The molecule has 306 valence electrons. The standard InChI is InChI=1S/C21H22ClF2N5O3.C17H17ClN4O4/c1-3-15-25-18-17(26(15)2)19(31)29(10-13-4-6-14(22)7-5-13)20(32)28(18)11-16(30)27-9-8-21(23,24)12-27;1-3-12-19-15-14(20(12)2)16(25)22(17(26)21(15)9-13(23)24)8-10-4-6-11(18)7-5-10/h4-7H,3,8-12H2,1-2H3;4-7H,3,8-9H2,1-2H3,(H,23,24). The summed E-state index contributed by atoms with van der Waals surface area (Å²) in [7, 11) is 3.34. The number of aryl methyl sites for hydroxylation is 4. The molecule has 2 aromatic carbocycles. The van der Waals surface area contributed by atoms with E-state index in [-0.39, 0.29) is 42.0 Å². The highest BCUT2D eigenvalue weighted by atomic mass is 35.5. The molecule has 0 aliphatic carbocycles. The zero-order valence-electron chi connectivity index (χ0n) is 31.9. The normalized spacial score (nSPS) is 13.6. The second-order valence-corrected chi connectivity index (χ2v) is 14.7. The number of hydrogen-bond acceptors (Lipinski definition) is 8. The number of likely N-dealkylation sites (tertiary alicyclic amines) is 1. The Balaban J connectivity index is 0.000000200. The largest absolute Gasteiger partial charge is 0.480 e. The zero-order valence-corrected chi connectivity index (χ0v) is 33.4. The van der Waals surface area contributed by atoms with E-state index >= 15 is 0 Å². The molecule has 1 aliphatic rings. The maximum absolute atomic E-state index is 13.6. The number of amides is 1. The van der Waals surface area contributed by atoms with Crippen molar-refractivity contribution in [1.82, 2.24) is 42.3 Å². The average Bonchev–Trinajstić information content (AvgIpc) is 3.84. The Morgan fingerprint density at radius 2 is 1.12 bits per heavy atom. The van der Waals surface area contributed by atoms with E-state index in [1.807, 2.05) is 13.8 Å². The van der Waals surface area contributed by atoms with E-state index in [9.17, 15) is 37.5 Å². The minimum atomic E-state index is -2.94. The molecular weight excluding hydrogens is 803 g/mol. The van der Waals surface area contributed by atoms with E-state index in [1.54, 1.807) is 71.8 Å². The van der Waals surface area contributed by atoms with Crippen LogP contribution in [-0.4, -0.2) is 78.3 Å². The van der Waals surface area contributed by atoms with Gasteiger partial charge in [-0.3, -0.25) is 37.4 Å². The molecule has 0 spiro atoms. The summed E-state index contributed by atoms with van der Waals surface area (Å²) in [6.07, 6.45) is 0.633. The van der Waals surface area contributed by atoms with Crippen molar-refractivity contribution in [1.29, 1.82) is 0 Å². The number of aliphatic carboxylic acids is 1. The van der Waals surface area contributed by atoms with Crippen LogP contribution in [0.25, 0.3) is 22.3 Å². The van der Waals surface area contributed by atoms with Crippen molar-refractivity contribution >= 4 is 57.4 Å². The summed E-state index contributed by atoms with van der Waals surface area (Å²) >= 11 is 11.8. The number of hydrogen-bond donors (Lipinski definition) is 1. The number of carboxylic acids is 1. The second-order valence-electron chi connectivity index (χ2n) is 13.8. The monoisotopic (exact) mass is 841 g/mol. The lowest BCUT2D eigenvalue weighted by Gasteiger charge is -2.18. The highest BCUT2D eigenvalue weighted by Crippen LogP contribution is 2.27. The third-order valence-corrected chi connectivity index (χ3v) is 10.4. The highest BCUT2D eigenvalue weighted by molar-refractivity contribution is 6.30. The maximum Gasteiger partial charge on any atom is 0.333 e. The summed E-state index contributed by atoms with van der Waals surface area (Å²) < 4.78 is 34.5. The second kappa shape index (κ2) is 16.5. The first kappa shape index (κ1) is 41.7. The number of alkyl halides is 2. The molecule has 0 radical (unpaired) electrons. The van der Waals surface area contributed by atoms with Gasteiger partial charge in [0, 0.05) is 49.9 Å². The molecule has 1 N–H and O–H groups in total. The van der Waals surface area contributed by atoms with E-state index in [0.717, 1.165) is 23.2 Å². The Bertz CT molecular complexity index is 2800. The molecule has 0 saturated carbocycles. The van der Waals surface area contributed by atoms with E-state index in [2.05, 4.69) is 9.97 Å². The van der Waals surface area contributed by atoms with Gasteiger partial charge in [0.15, 0.2) is 22.3 Å². The number of carboxylic acid groups (broad SMARTS) is 1. The van der Waals surface area contributed by atoms with Gasteiger partial charge in [-0.15, -0.1) is 0 Å². The van der Waals surface area contributed by atoms with Crippen LogP contribution in [0.4, 0.5) is 8.78 Å². The number of halogens is 4. The van der Waals surface area contributed by atoms with E-state index in [4.69, 9.17) is 28.3 Å². The smallest absolute Gasteiger partial charge is 0.333 e. The predicted molar refractivity (Wildman–Crippen MR) is 212 cm³/mol. The van der Waals surface area contributed by atoms with Crippen LogP contribution in [-0.2, 0) is 62.7 Å². The molecular formula is C38H39Cl2F2N9O7. The first-order chi connectivity index (χ1) is 27.4. The summed E-state index contributed by atoms with van der Waals surface area (Å²) in [5.74, 6) is -3.58. The number of benzene rings is 2. The molecule has 7 rings (SSSR count). The van der Waals surface area contributed by atoms with E-state index in [0.29, 0.717) is 45.7 Å². The van der Waals surface area contributed by atoms with Crippen molar-refractivity contribution in [2.45, 2.75) is 65.2 Å².